The van der Waals surface area contributed by atoms with Gasteiger partial charge in [-0.05, 0) is 48.3 Å². The second-order valence-corrected chi connectivity index (χ2v) is 5.07. The molecule has 1 aromatic rings. The van der Waals surface area contributed by atoms with Crippen molar-refractivity contribution >= 4 is 28.6 Å². The fourth-order valence-corrected chi connectivity index (χ4v) is 2.97. The zero-order valence-corrected chi connectivity index (χ0v) is 12.5. The quantitative estimate of drug-likeness (QED) is 0.608. The van der Waals surface area contributed by atoms with Crippen molar-refractivity contribution in [1.82, 2.24) is 9.78 Å². The fourth-order valence-electron chi connectivity index (χ4n) is 1.82. The molecule has 1 heterocycles. The summed E-state index contributed by atoms with van der Waals surface area (Å²) in [6, 6.07) is 0. The van der Waals surface area contributed by atoms with E-state index in [-0.39, 0.29) is 6.42 Å². The number of nitrogens with zero attached hydrogens (tertiary/aromatic N) is 2. The maximum Gasteiger partial charge on any atom is 0.303 e. The summed E-state index contributed by atoms with van der Waals surface area (Å²) < 4.78 is 3.31. The van der Waals surface area contributed by atoms with Crippen LogP contribution in [0.1, 0.15) is 44.5 Å². The van der Waals surface area contributed by atoms with Gasteiger partial charge in [0.15, 0.2) is 0 Å². The molecule has 0 saturated carbocycles. The molecule has 0 radical (unpaired) electrons. The van der Waals surface area contributed by atoms with E-state index in [0.717, 1.165) is 37.9 Å². The zero-order valence-electron chi connectivity index (χ0n) is 10.4. The molecule has 1 rings (SSSR count). The highest BCUT2D eigenvalue weighted by molar-refractivity contribution is 14.1. The Morgan fingerprint density at radius 1 is 1.35 bits per heavy atom. The van der Waals surface area contributed by atoms with Crippen LogP contribution in [-0.2, 0) is 24.2 Å². The van der Waals surface area contributed by atoms with Crippen molar-refractivity contribution in [3.05, 3.63) is 15.0 Å². The molecule has 5 heteroatoms. The van der Waals surface area contributed by atoms with Gasteiger partial charge >= 0.3 is 5.97 Å². The van der Waals surface area contributed by atoms with Crippen molar-refractivity contribution < 1.29 is 9.90 Å². The van der Waals surface area contributed by atoms with Crippen molar-refractivity contribution in [3.63, 3.8) is 0 Å². The van der Waals surface area contributed by atoms with Gasteiger partial charge in [-0.25, -0.2) is 0 Å². The number of carboxylic acid groups (broad SMARTS) is 1. The number of hydrogen-bond acceptors (Lipinski definition) is 2. The molecule has 0 bridgehead atoms. The lowest BCUT2D eigenvalue weighted by Crippen LogP contribution is -2.06. The van der Waals surface area contributed by atoms with Crippen LogP contribution in [0.15, 0.2) is 0 Å². The van der Waals surface area contributed by atoms with Crippen LogP contribution in [0, 0.1) is 3.57 Å². The maximum atomic E-state index is 10.4. The van der Waals surface area contributed by atoms with Gasteiger partial charge in [0.05, 0.1) is 15.0 Å². The number of aliphatic carboxylic acids is 1. The van der Waals surface area contributed by atoms with Gasteiger partial charge in [-0.2, -0.15) is 5.10 Å². The van der Waals surface area contributed by atoms with Gasteiger partial charge in [-0.15, -0.1) is 0 Å². The first-order valence-electron chi connectivity index (χ1n) is 6.06. The molecule has 0 saturated heterocycles. The van der Waals surface area contributed by atoms with E-state index in [1.807, 2.05) is 4.68 Å². The van der Waals surface area contributed by atoms with Crippen LogP contribution in [0.5, 0.6) is 0 Å². The van der Waals surface area contributed by atoms with Crippen LogP contribution in [0.3, 0.4) is 0 Å². The van der Waals surface area contributed by atoms with E-state index in [1.54, 1.807) is 0 Å². The maximum absolute atomic E-state index is 10.4. The summed E-state index contributed by atoms with van der Waals surface area (Å²) in [5.74, 6) is -0.718. The molecule has 0 atom stereocenters. The largest absolute Gasteiger partial charge is 0.481 e. The van der Waals surface area contributed by atoms with Gasteiger partial charge in [0.1, 0.15) is 0 Å². The van der Waals surface area contributed by atoms with E-state index in [2.05, 4.69) is 41.5 Å². The van der Waals surface area contributed by atoms with Crippen LogP contribution < -0.4 is 0 Å². The number of rotatable bonds is 7. The van der Waals surface area contributed by atoms with Crippen LogP contribution in [-0.4, -0.2) is 20.9 Å². The molecule has 1 aromatic heterocycles. The van der Waals surface area contributed by atoms with Crippen LogP contribution in [0.4, 0.5) is 0 Å². The highest BCUT2D eigenvalue weighted by Crippen LogP contribution is 2.19. The number of carbonyl (C=O) groups is 1. The van der Waals surface area contributed by atoms with Crippen molar-refractivity contribution in [1.29, 1.82) is 0 Å². The summed E-state index contributed by atoms with van der Waals surface area (Å²) >= 11 is 2.36. The third-order valence-corrected chi connectivity index (χ3v) is 3.99. The van der Waals surface area contributed by atoms with Gasteiger partial charge in [0.25, 0.3) is 0 Å². The summed E-state index contributed by atoms with van der Waals surface area (Å²) in [5.41, 5.74) is 2.43. The molecule has 0 aliphatic heterocycles. The van der Waals surface area contributed by atoms with Crippen molar-refractivity contribution in [2.45, 2.75) is 52.5 Å². The van der Waals surface area contributed by atoms with Crippen molar-refractivity contribution in [2.75, 3.05) is 0 Å². The zero-order chi connectivity index (χ0) is 12.8. The number of aryl methyl sites for hydroxylation is 2. The smallest absolute Gasteiger partial charge is 0.303 e. The standard InChI is InChI=1S/C12H19IN2O2/c1-3-9-12(13)10(4-2)15(14-9)8-6-5-7-11(16)17/h3-8H2,1-2H3,(H,16,17). The number of carboxylic acids is 1. The van der Waals surface area contributed by atoms with E-state index < -0.39 is 5.97 Å². The Balaban J connectivity index is 2.61. The van der Waals surface area contributed by atoms with E-state index in [9.17, 15) is 4.79 Å². The second kappa shape index (κ2) is 6.98. The first-order valence-corrected chi connectivity index (χ1v) is 7.13. The molecule has 0 amide bonds. The normalized spacial score (nSPS) is 10.8. The highest BCUT2D eigenvalue weighted by atomic mass is 127. The molecular formula is C12H19IN2O2. The van der Waals surface area contributed by atoms with E-state index >= 15 is 0 Å². The van der Waals surface area contributed by atoms with E-state index in [0.29, 0.717) is 0 Å². The molecule has 0 spiro atoms. The topological polar surface area (TPSA) is 55.1 Å². The lowest BCUT2D eigenvalue weighted by Gasteiger charge is -2.05. The minimum atomic E-state index is -0.718. The molecule has 0 aliphatic carbocycles. The lowest BCUT2D eigenvalue weighted by molar-refractivity contribution is -0.137. The summed E-state index contributed by atoms with van der Waals surface area (Å²) in [5, 5.41) is 13.2. The molecule has 0 aliphatic rings. The summed E-state index contributed by atoms with van der Waals surface area (Å²) in [4.78, 5) is 10.4. The Hall–Kier alpha value is -0.590. The molecule has 17 heavy (non-hydrogen) atoms. The lowest BCUT2D eigenvalue weighted by atomic mass is 10.2. The molecule has 4 nitrogen and oxygen atoms in total. The Kier molecular flexibility index (Phi) is 5.94. The summed E-state index contributed by atoms with van der Waals surface area (Å²) in [6.07, 6.45) is 3.77. The number of aromatic nitrogens is 2. The van der Waals surface area contributed by atoms with E-state index in [4.69, 9.17) is 5.11 Å². The van der Waals surface area contributed by atoms with Crippen LogP contribution in [0.25, 0.3) is 0 Å². The molecule has 0 fully saturated rings. The van der Waals surface area contributed by atoms with Crippen molar-refractivity contribution in [3.8, 4) is 0 Å². The average molecular weight is 350 g/mol. The monoisotopic (exact) mass is 350 g/mol. The molecule has 1 N–H and O–H groups in total. The predicted molar refractivity (Wildman–Crippen MR) is 75.2 cm³/mol. The van der Waals surface area contributed by atoms with Gasteiger partial charge in [-0.1, -0.05) is 13.8 Å². The Morgan fingerprint density at radius 3 is 2.59 bits per heavy atom. The Labute approximate surface area is 116 Å². The molecular weight excluding hydrogens is 331 g/mol. The minimum absolute atomic E-state index is 0.250. The first kappa shape index (κ1) is 14.5. The minimum Gasteiger partial charge on any atom is -0.481 e. The van der Waals surface area contributed by atoms with Gasteiger partial charge < -0.3 is 5.11 Å². The van der Waals surface area contributed by atoms with Crippen LogP contribution >= 0.6 is 22.6 Å². The number of hydrogen-bond donors (Lipinski definition) is 1. The van der Waals surface area contributed by atoms with E-state index in [1.165, 1.54) is 9.26 Å². The average Bonchev–Trinajstić information content (AvgIpc) is 2.60. The van der Waals surface area contributed by atoms with Gasteiger partial charge in [0, 0.05) is 13.0 Å². The summed E-state index contributed by atoms with van der Waals surface area (Å²) in [7, 11) is 0. The fraction of sp³-hybridized carbons (Fsp3) is 0.667. The van der Waals surface area contributed by atoms with Gasteiger partial charge in [-0.3, -0.25) is 9.48 Å². The molecule has 96 valence electrons. The Morgan fingerprint density at radius 2 is 2.06 bits per heavy atom. The number of unbranched alkanes of at least 4 members (excludes halogenated alkanes) is 1. The Bertz CT molecular complexity index is 388. The highest BCUT2D eigenvalue weighted by Gasteiger charge is 2.12. The molecule has 0 aromatic carbocycles. The third-order valence-electron chi connectivity index (χ3n) is 2.74. The van der Waals surface area contributed by atoms with Crippen LogP contribution in [0.2, 0.25) is 0 Å². The summed E-state index contributed by atoms with van der Waals surface area (Å²) in [6.45, 7) is 5.07. The van der Waals surface area contributed by atoms with Crippen molar-refractivity contribution in [2.24, 2.45) is 0 Å². The first-order chi connectivity index (χ1) is 8.10. The van der Waals surface area contributed by atoms with Gasteiger partial charge in [0.2, 0.25) is 0 Å². The number of halogens is 1. The second-order valence-electron chi connectivity index (χ2n) is 3.99. The molecule has 0 unspecified atom stereocenters. The SMILES string of the molecule is CCc1nn(CCCCC(=O)O)c(CC)c1I. The third kappa shape index (κ3) is 3.97. The predicted octanol–water partition coefficient (Wildman–Crippen LogP) is 2.87.